The van der Waals surface area contributed by atoms with Gasteiger partial charge in [0.15, 0.2) is 12.4 Å². The lowest BCUT2D eigenvalue weighted by Gasteiger charge is -2.45. The third kappa shape index (κ3) is 5.49. The highest BCUT2D eigenvalue weighted by molar-refractivity contribution is 6.99. The number of aromatic amines is 1. The van der Waals surface area contributed by atoms with Crippen molar-refractivity contribution in [1.82, 2.24) is 9.55 Å². The number of aliphatic hydroxyl groups excluding tert-OH is 1. The number of aliphatic hydroxyl groups is 1. The van der Waals surface area contributed by atoms with Crippen LogP contribution in [0.15, 0.2) is 94.7 Å². The minimum absolute atomic E-state index is 0.0819. The van der Waals surface area contributed by atoms with E-state index >= 15 is 4.39 Å². The fourth-order valence-electron chi connectivity index (χ4n) is 5.27. The van der Waals surface area contributed by atoms with Crippen molar-refractivity contribution in [2.75, 3.05) is 6.61 Å². The number of nitrogens with one attached hydrogen (secondary N) is 1. The van der Waals surface area contributed by atoms with E-state index in [0.29, 0.717) is 0 Å². The fourth-order valence-corrected chi connectivity index (χ4v) is 9.86. The zero-order chi connectivity index (χ0) is 28.4. The Labute approximate surface area is 229 Å². The number of allylic oxidation sites excluding steroid dienone is 1. The van der Waals surface area contributed by atoms with Gasteiger partial charge in [0.2, 0.25) is 0 Å². The Morgan fingerprint density at radius 3 is 2.13 bits per heavy atom. The molecule has 3 aromatic rings. The summed E-state index contributed by atoms with van der Waals surface area (Å²) in [5, 5.41) is 13.0. The second kappa shape index (κ2) is 11.2. The van der Waals surface area contributed by atoms with Gasteiger partial charge >= 0.3 is 5.69 Å². The maximum atomic E-state index is 15.8. The maximum Gasteiger partial charge on any atom is 0.330 e. The molecule has 2 N–H and O–H groups in total. The second-order valence-electron chi connectivity index (χ2n) is 11.4. The second-order valence-corrected chi connectivity index (χ2v) is 15.7. The van der Waals surface area contributed by atoms with Gasteiger partial charge in [-0.15, -0.1) is 0 Å². The van der Waals surface area contributed by atoms with Crippen molar-refractivity contribution in [3.8, 4) is 0 Å². The number of ether oxygens (including phenoxy) is 1. The number of alkyl halides is 1. The highest BCUT2D eigenvalue weighted by Crippen LogP contribution is 2.43. The highest BCUT2D eigenvalue weighted by atomic mass is 28.4. The molecule has 7 nitrogen and oxygen atoms in total. The van der Waals surface area contributed by atoms with Crippen molar-refractivity contribution >= 4 is 18.7 Å². The van der Waals surface area contributed by atoms with Crippen molar-refractivity contribution in [2.45, 2.75) is 63.8 Å². The van der Waals surface area contributed by atoms with Gasteiger partial charge in [-0.05, 0) is 21.3 Å². The van der Waals surface area contributed by atoms with Crippen LogP contribution in [0, 0.1) is 5.92 Å². The molecule has 0 radical (unpaired) electrons. The van der Waals surface area contributed by atoms with Gasteiger partial charge in [0, 0.05) is 12.3 Å². The molecule has 0 aliphatic carbocycles. The van der Waals surface area contributed by atoms with E-state index in [2.05, 4.69) is 25.8 Å². The Morgan fingerprint density at radius 2 is 1.64 bits per heavy atom. The van der Waals surface area contributed by atoms with Crippen LogP contribution in [0.2, 0.25) is 5.04 Å². The van der Waals surface area contributed by atoms with Crippen molar-refractivity contribution in [3.05, 3.63) is 106 Å². The number of halogens is 1. The monoisotopic (exact) mass is 552 g/mol. The molecule has 2 heterocycles. The Kier molecular flexibility index (Phi) is 8.27. The first-order valence-corrected chi connectivity index (χ1v) is 15.1. The van der Waals surface area contributed by atoms with Crippen LogP contribution in [0.25, 0.3) is 0 Å². The summed E-state index contributed by atoms with van der Waals surface area (Å²) < 4.78 is 30.0. The maximum absolute atomic E-state index is 15.8. The number of nitrogens with zero attached hydrogens (tertiary/aromatic N) is 1. The molecule has 0 unspecified atom stereocenters. The molecule has 0 spiro atoms. The van der Waals surface area contributed by atoms with Crippen LogP contribution < -0.4 is 21.6 Å². The van der Waals surface area contributed by atoms with E-state index in [0.717, 1.165) is 21.0 Å². The summed E-state index contributed by atoms with van der Waals surface area (Å²) in [5.74, 6) is 0.0819. The molecule has 4 rings (SSSR count). The number of H-pyrrole nitrogens is 1. The van der Waals surface area contributed by atoms with Crippen LogP contribution in [-0.2, 0) is 9.16 Å². The van der Waals surface area contributed by atoms with Crippen molar-refractivity contribution in [2.24, 2.45) is 5.92 Å². The van der Waals surface area contributed by atoms with Crippen LogP contribution >= 0.6 is 0 Å². The summed E-state index contributed by atoms with van der Waals surface area (Å²) in [6, 6.07) is 21.1. The molecule has 0 amide bonds. The largest absolute Gasteiger partial charge is 0.404 e. The first-order chi connectivity index (χ1) is 18.4. The van der Waals surface area contributed by atoms with Crippen LogP contribution in [0.3, 0.4) is 0 Å². The normalized spacial score (nSPS) is 24.1. The van der Waals surface area contributed by atoms with Gasteiger partial charge < -0.3 is 14.3 Å². The predicted octanol–water partition coefficient (Wildman–Crippen LogP) is 3.29. The van der Waals surface area contributed by atoms with E-state index < -0.39 is 43.7 Å². The van der Waals surface area contributed by atoms with Gasteiger partial charge in [0.25, 0.3) is 13.9 Å². The quantitative estimate of drug-likeness (QED) is 0.331. The third-order valence-electron chi connectivity index (χ3n) is 7.23. The number of aromatic nitrogens is 2. The van der Waals surface area contributed by atoms with Crippen LogP contribution in [0.5, 0.6) is 0 Å². The van der Waals surface area contributed by atoms with Crippen LogP contribution in [0.4, 0.5) is 4.39 Å². The van der Waals surface area contributed by atoms with Crippen LogP contribution in [0.1, 0.15) is 40.8 Å². The lowest BCUT2D eigenvalue weighted by atomic mass is 9.94. The number of rotatable bonds is 8. The molecule has 2 aromatic carbocycles. The highest BCUT2D eigenvalue weighted by Gasteiger charge is 2.58. The molecule has 1 fully saturated rings. The smallest absolute Gasteiger partial charge is 0.330 e. The average molecular weight is 553 g/mol. The van der Waals surface area contributed by atoms with E-state index in [4.69, 9.17) is 9.16 Å². The van der Waals surface area contributed by atoms with E-state index in [-0.39, 0.29) is 17.6 Å². The van der Waals surface area contributed by atoms with Crippen molar-refractivity contribution in [3.63, 3.8) is 0 Å². The Hall–Kier alpha value is -3.11. The standard InChI is InChI=1S/C30H37FN2O5Si/c1-21(2)16-18-30(26(35)25(31)27(38-30)33-19-17-24(34)32-28(33)36)20-37-39(29(3,4)5,22-12-8-6-9-13-22)23-14-10-7-11-15-23/h6-19,21,25-27,35H,20H2,1-5H3,(H,32,34,36)/b18-16+/t25-,26+,27-,30-/m1/s1. The summed E-state index contributed by atoms with van der Waals surface area (Å²) in [4.78, 5) is 26.2. The van der Waals surface area contributed by atoms with E-state index in [1.807, 2.05) is 80.6 Å². The lowest BCUT2D eigenvalue weighted by Crippen LogP contribution is -2.68. The zero-order valence-electron chi connectivity index (χ0n) is 23.0. The predicted molar refractivity (Wildman–Crippen MR) is 153 cm³/mol. The summed E-state index contributed by atoms with van der Waals surface area (Å²) >= 11 is 0. The van der Waals surface area contributed by atoms with Crippen molar-refractivity contribution in [1.29, 1.82) is 0 Å². The molecule has 1 saturated heterocycles. The van der Waals surface area contributed by atoms with Gasteiger partial charge in [0.1, 0.15) is 11.7 Å². The molecular weight excluding hydrogens is 515 g/mol. The third-order valence-corrected chi connectivity index (χ3v) is 12.2. The van der Waals surface area contributed by atoms with Crippen molar-refractivity contribution < 1.29 is 18.7 Å². The summed E-state index contributed by atoms with van der Waals surface area (Å²) in [6.07, 6.45) is -0.366. The molecule has 208 valence electrons. The summed E-state index contributed by atoms with van der Waals surface area (Å²) in [6.45, 7) is 10.2. The lowest BCUT2D eigenvalue weighted by molar-refractivity contribution is -0.0954. The molecule has 4 atom stereocenters. The average Bonchev–Trinajstić information content (AvgIpc) is 3.14. The number of benzene rings is 2. The summed E-state index contributed by atoms with van der Waals surface area (Å²) in [5.41, 5.74) is -3.01. The SMILES string of the molecule is CC(C)/C=C/[C@]1(CO[Si](c2ccccc2)(c2ccccc2)C(C)(C)C)O[C@@H](n2ccc(=O)[nH]c2=O)[C@H](F)[C@@H]1O. The topological polar surface area (TPSA) is 93.5 Å². The number of hydrogen-bond donors (Lipinski definition) is 2. The molecule has 9 heteroatoms. The molecule has 0 bridgehead atoms. The van der Waals surface area contributed by atoms with Gasteiger partial charge in [-0.2, -0.15) is 0 Å². The minimum atomic E-state index is -3.05. The number of hydrogen-bond acceptors (Lipinski definition) is 5. The fraction of sp³-hybridized carbons (Fsp3) is 0.400. The Balaban J connectivity index is 1.84. The molecular formula is C30H37FN2O5Si. The Bertz CT molecular complexity index is 1360. The molecule has 0 saturated carbocycles. The van der Waals surface area contributed by atoms with Gasteiger partial charge in [-0.1, -0.05) is 107 Å². The van der Waals surface area contributed by atoms with Gasteiger partial charge in [-0.3, -0.25) is 14.3 Å². The zero-order valence-corrected chi connectivity index (χ0v) is 24.0. The first-order valence-electron chi connectivity index (χ1n) is 13.2. The van der Waals surface area contributed by atoms with E-state index in [9.17, 15) is 14.7 Å². The first kappa shape index (κ1) is 28.9. The molecule has 1 aliphatic heterocycles. The Morgan fingerprint density at radius 1 is 1.08 bits per heavy atom. The van der Waals surface area contributed by atoms with Crippen LogP contribution in [-0.4, -0.2) is 47.5 Å². The molecule has 1 aliphatic rings. The minimum Gasteiger partial charge on any atom is -0.404 e. The molecule has 1 aromatic heterocycles. The van der Waals surface area contributed by atoms with E-state index in [1.54, 1.807) is 6.08 Å². The molecule has 39 heavy (non-hydrogen) atoms. The van der Waals surface area contributed by atoms with Gasteiger partial charge in [-0.25, -0.2) is 9.18 Å². The van der Waals surface area contributed by atoms with E-state index in [1.165, 1.54) is 6.20 Å². The summed E-state index contributed by atoms with van der Waals surface area (Å²) in [7, 11) is -3.05. The van der Waals surface area contributed by atoms with Gasteiger partial charge in [0.05, 0.1) is 6.61 Å².